The van der Waals surface area contributed by atoms with E-state index in [1.165, 1.54) is 126 Å². The van der Waals surface area contributed by atoms with Gasteiger partial charge in [-0.05, 0) is 118 Å². The van der Waals surface area contributed by atoms with Gasteiger partial charge >= 0.3 is 0 Å². The molecule has 62 heavy (non-hydrogen) atoms. The molecule has 0 radical (unpaired) electrons. The monoisotopic (exact) mass is 1010 g/mol. The summed E-state index contributed by atoms with van der Waals surface area (Å²) in [6.07, 6.45) is 0. The highest BCUT2D eigenvalue weighted by Crippen LogP contribution is 2.44. The van der Waals surface area contributed by atoms with E-state index in [9.17, 15) is 0 Å². The van der Waals surface area contributed by atoms with E-state index >= 15 is 0 Å². The molecule has 0 bridgehead atoms. The average Bonchev–Trinajstić information content (AvgIpc) is 4.02. The third kappa shape index (κ3) is 4.76. The first-order valence-electron chi connectivity index (χ1n) is 20.9. The molecule has 14 aromatic rings. The second kappa shape index (κ2) is 13.0. The number of rotatable bonds is 3. The summed E-state index contributed by atoms with van der Waals surface area (Å²) in [6.45, 7) is 0. The van der Waals surface area contributed by atoms with E-state index in [1.807, 2.05) is 0 Å². The van der Waals surface area contributed by atoms with Crippen LogP contribution in [-0.4, -0.2) is 14.7 Å². The van der Waals surface area contributed by atoms with Crippen LogP contribution < -0.4 is 0 Å². The molecule has 6 heteroatoms. The lowest BCUT2D eigenvalue weighted by Gasteiger charge is -2.11. The zero-order valence-corrected chi connectivity index (χ0v) is 37.3. The highest BCUT2D eigenvalue weighted by atomic mass is 127. The van der Waals surface area contributed by atoms with Crippen LogP contribution in [0.15, 0.2) is 194 Å². The molecule has 4 heterocycles. The maximum atomic E-state index is 2.50. The highest BCUT2D eigenvalue weighted by molar-refractivity contribution is 14.1. The van der Waals surface area contributed by atoms with Gasteiger partial charge in [-0.25, -0.2) is 0 Å². The van der Waals surface area contributed by atoms with Crippen LogP contribution in [0.3, 0.4) is 0 Å². The van der Waals surface area contributed by atoms with Crippen molar-refractivity contribution in [2.24, 2.45) is 0 Å². The Labute approximate surface area is 382 Å². The maximum Gasteiger partial charge on any atom is 0.0646 e. The van der Waals surface area contributed by atoms with Gasteiger partial charge in [-0.1, -0.05) is 109 Å². The Bertz CT molecular complexity index is 4240. The molecule has 0 fully saturated rings. The van der Waals surface area contributed by atoms with Gasteiger partial charge in [0.25, 0.3) is 0 Å². The van der Waals surface area contributed by atoms with Crippen molar-refractivity contribution in [1.82, 2.24) is 14.7 Å². The quantitative estimate of drug-likeness (QED) is 0.157. The van der Waals surface area contributed by atoms with Crippen LogP contribution in [0.4, 0.5) is 0 Å². The van der Waals surface area contributed by atoms with Crippen molar-refractivity contribution in [1.29, 1.82) is 0 Å². The molecule has 4 aromatic heterocycles. The minimum absolute atomic E-state index is 1.15. The third-order valence-electron chi connectivity index (χ3n) is 13.3. The van der Waals surface area contributed by atoms with Crippen LogP contribution in [0.1, 0.15) is 0 Å². The number of nitrogens with zero attached hydrogens (tertiary/aromatic N) is 4. The fourth-order valence-corrected chi connectivity index (χ4v) is 12.2. The van der Waals surface area contributed by atoms with Gasteiger partial charge in [0.15, 0.2) is 0 Å². The molecule has 0 N–H and O–H groups in total. The molecule has 0 atom stereocenters. The van der Waals surface area contributed by atoms with Gasteiger partial charge < -0.3 is 9.13 Å². The van der Waals surface area contributed by atoms with E-state index in [0.29, 0.717) is 0 Å². The average molecular weight is 1010 g/mol. The number of hydrogen-bond donors (Lipinski definition) is 0. The van der Waals surface area contributed by atoms with Crippen LogP contribution in [0, 0.1) is 0 Å². The first-order valence-corrected chi connectivity index (χ1v) is 22.8. The predicted molar refractivity (Wildman–Crippen MR) is 280 cm³/mol. The summed E-state index contributed by atoms with van der Waals surface area (Å²) in [6, 6.07) is 72.0. The normalized spacial score (nSPS) is 12.4. The number of fused-ring (bicyclic) bond motifs is 16. The van der Waals surface area contributed by atoms with Crippen molar-refractivity contribution in [3.8, 4) is 22.5 Å². The summed E-state index contributed by atoms with van der Waals surface area (Å²) in [5.74, 6) is 0. The molecule has 0 saturated carbocycles. The standard InChI is InChI=1S/C56H32I2N4/c57-61-49-20-9-5-16-40(49)46-29-35-28-45-39-15-4-7-18-47(39)60(52(45)31-36(35)32-54(46)61)38-14-10-11-33(27-38)34-21-22-44-53(30-34)62(58)51-26-24-41-42(56(44)51)23-25-50-55(41)43-17-6-8-19-48(43)59(50)37-12-2-1-3-13-37/h1-32H. The first-order chi connectivity index (χ1) is 30.6. The second-order valence-corrected chi connectivity index (χ2v) is 18.4. The number of hydrogen-bond acceptors (Lipinski definition) is 0. The lowest BCUT2D eigenvalue weighted by Crippen LogP contribution is -1.94. The Morgan fingerprint density at radius 3 is 1.55 bits per heavy atom. The van der Waals surface area contributed by atoms with Gasteiger partial charge in [-0.3, -0.25) is 5.56 Å². The van der Waals surface area contributed by atoms with Crippen LogP contribution >= 0.6 is 45.7 Å². The first kappa shape index (κ1) is 35.0. The summed E-state index contributed by atoms with van der Waals surface area (Å²) in [4.78, 5) is 0. The Balaban J connectivity index is 0.939. The summed E-state index contributed by atoms with van der Waals surface area (Å²) in [5.41, 5.74) is 14.5. The Hall–Kier alpha value is -6.62. The van der Waals surface area contributed by atoms with Crippen LogP contribution in [0.2, 0.25) is 0 Å². The van der Waals surface area contributed by atoms with Gasteiger partial charge in [0.05, 0.1) is 89.9 Å². The van der Waals surface area contributed by atoms with Crippen molar-refractivity contribution < 1.29 is 0 Å². The Morgan fingerprint density at radius 2 is 0.758 bits per heavy atom. The molecule has 290 valence electrons. The van der Waals surface area contributed by atoms with E-state index < -0.39 is 0 Å². The minimum Gasteiger partial charge on any atom is -0.309 e. The lowest BCUT2D eigenvalue weighted by molar-refractivity contribution is 1.18. The highest BCUT2D eigenvalue weighted by Gasteiger charge is 2.20. The molecule has 0 aliphatic carbocycles. The third-order valence-corrected chi connectivity index (χ3v) is 15.4. The Kier molecular flexibility index (Phi) is 7.32. The van der Waals surface area contributed by atoms with E-state index in [1.54, 1.807) is 0 Å². The van der Waals surface area contributed by atoms with E-state index in [2.05, 4.69) is 255 Å². The van der Waals surface area contributed by atoms with E-state index in [4.69, 9.17) is 0 Å². The minimum atomic E-state index is 1.15. The van der Waals surface area contributed by atoms with E-state index in [-0.39, 0.29) is 0 Å². The number of halogens is 2. The molecular weight excluding hydrogens is 982 g/mol. The van der Waals surface area contributed by atoms with Gasteiger partial charge in [0, 0.05) is 54.5 Å². The molecule has 0 spiro atoms. The van der Waals surface area contributed by atoms with Crippen LogP contribution in [-0.2, 0) is 0 Å². The second-order valence-electron chi connectivity index (χ2n) is 16.5. The van der Waals surface area contributed by atoms with Crippen LogP contribution in [0.25, 0.3) is 131 Å². The van der Waals surface area contributed by atoms with Gasteiger partial charge in [-0.15, -0.1) is 0 Å². The molecule has 0 unspecified atom stereocenters. The van der Waals surface area contributed by atoms with Crippen molar-refractivity contribution in [2.45, 2.75) is 0 Å². The van der Waals surface area contributed by atoms with Gasteiger partial charge in [0.2, 0.25) is 0 Å². The van der Waals surface area contributed by atoms with Gasteiger partial charge in [-0.2, -0.15) is 0 Å². The van der Waals surface area contributed by atoms with Crippen molar-refractivity contribution in [3.63, 3.8) is 0 Å². The van der Waals surface area contributed by atoms with E-state index in [0.717, 1.165) is 5.69 Å². The predicted octanol–water partition coefficient (Wildman–Crippen LogP) is 16.5. The number of para-hydroxylation sites is 4. The number of benzene rings is 10. The number of aromatic nitrogens is 4. The van der Waals surface area contributed by atoms with Crippen molar-refractivity contribution in [3.05, 3.63) is 194 Å². The van der Waals surface area contributed by atoms with Gasteiger partial charge in [0.1, 0.15) is 0 Å². The molecule has 0 aliphatic rings. The summed E-state index contributed by atoms with van der Waals surface area (Å²) in [5, 5.41) is 15.3. The summed E-state index contributed by atoms with van der Waals surface area (Å²) < 4.78 is 9.49. The van der Waals surface area contributed by atoms with Crippen molar-refractivity contribution >= 4 is 154 Å². The Morgan fingerprint density at radius 1 is 0.258 bits per heavy atom. The molecule has 14 rings (SSSR count). The summed E-state index contributed by atoms with van der Waals surface area (Å²) in [7, 11) is 0. The summed E-state index contributed by atoms with van der Waals surface area (Å²) >= 11 is 4.95. The lowest BCUT2D eigenvalue weighted by atomic mass is 9.98. The molecule has 0 saturated heterocycles. The largest absolute Gasteiger partial charge is 0.309 e. The molecule has 0 aliphatic heterocycles. The maximum absolute atomic E-state index is 2.50. The SMILES string of the molecule is In1c2ccccc2c2cc3cc4c5ccccc5n(-c5cccc(-c6ccc7c8c9ccc%10c(c9ccc8n(I)c7c6)c6ccccc6n%10-c6ccccc6)c5)c4cc3cc21. The fraction of sp³-hybridized carbons (Fsp3) is 0. The topological polar surface area (TPSA) is 19.7 Å². The van der Waals surface area contributed by atoms with Crippen LogP contribution in [0.5, 0.6) is 0 Å². The molecule has 10 aromatic carbocycles. The molecule has 0 amide bonds. The smallest absolute Gasteiger partial charge is 0.0646 e. The van der Waals surface area contributed by atoms with Crippen molar-refractivity contribution in [2.75, 3.05) is 0 Å². The zero-order chi connectivity index (χ0) is 40.8. The molecule has 4 nitrogen and oxygen atoms in total. The molecular formula is C56H32I2N4. The zero-order valence-electron chi connectivity index (χ0n) is 33.0. The fourth-order valence-electron chi connectivity index (χ4n) is 10.6.